The summed E-state index contributed by atoms with van der Waals surface area (Å²) in [6, 6.07) is -0.00269. The van der Waals surface area contributed by atoms with E-state index < -0.39 is 24.5 Å². The fourth-order valence-electron chi connectivity index (χ4n) is 1.62. The molecule has 0 bridgehead atoms. The molecule has 1 rings (SSSR count). The number of aliphatic hydroxyl groups is 3. The van der Waals surface area contributed by atoms with E-state index in [9.17, 15) is 15.3 Å². The maximum absolute atomic E-state index is 9.70. The quantitative estimate of drug-likeness (QED) is 0.514. The molecule has 0 aromatic carbocycles. The van der Waals surface area contributed by atoms with Gasteiger partial charge >= 0.3 is 0 Å². The molecule has 15 heavy (non-hydrogen) atoms. The van der Waals surface area contributed by atoms with Gasteiger partial charge in [0.15, 0.2) is 6.23 Å². The zero-order valence-corrected chi connectivity index (χ0v) is 9.20. The van der Waals surface area contributed by atoms with Gasteiger partial charge in [-0.25, -0.2) is 0 Å². The molecule has 1 saturated heterocycles. The highest BCUT2D eigenvalue weighted by Crippen LogP contribution is 2.20. The third-order valence-electron chi connectivity index (χ3n) is 2.44. The van der Waals surface area contributed by atoms with Crippen LogP contribution in [0.25, 0.3) is 0 Å². The summed E-state index contributed by atoms with van der Waals surface area (Å²) in [7, 11) is 1.47. The van der Waals surface area contributed by atoms with Crippen molar-refractivity contribution in [2.24, 2.45) is 0 Å². The molecule has 0 aromatic heterocycles. The van der Waals surface area contributed by atoms with Crippen LogP contribution < -0.4 is 0 Å². The third kappa shape index (κ3) is 2.66. The monoisotopic (exact) mass is 221 g/mol. The first kappa shape index (κ1) is 12.8. The fourth-order valence-corrected chi connectivity index (χ4v) is 1.62. The van der Waals surface area contributed by atoms with Crippen LogP contribution in [0.5, 0.6) is 0 Å². The van der Waals surface area contributed by atoms with Crippen LogP contribution in [0, 0.1) is 0 Å². The standard InChI is InChI=1S/C9H19NO5/c1-5(2)10(14-3)9-8(13)7(12)6(11)4-15-9/h5-9,11-13H,4H2,1-3H3/t6-,7-,8?,9-/m0/s1. The zero-order valence-electron chi connectivity index (χ0n) is 9.20. The third-order valence-corrected chi connectivity index (χ3v) is 2.44. The largest absolute Gasteiger partial charge is 0.388 e. The molecule has 1 aliphatic rings. The van der Waals surface area contributed by atoms with E-state index in [1.165, 1.54) is 12.2 Å². The van der Waals surface area contributed by atoms with Crippen LogP contribution >= 0.6 is 0 Å². The lowest BCUT2D eigenvalue weighted by Crippen LogP contribution is -2.60. The second kappa shape index (κ2) is 5.20. The van der Waals surface area contributed by atoms with Gasteiger partial charge < -0.3 is 20.1 Å². The molecular weight excluding hydrogens is 202 g/mol. The van der Waals surface area contributed by atoms with Crippen molar-refractivity contribution in [2.45, 2.75) is 44.4 Å². The first-order valence-electron chi connectivity index (χ1n) is 4.97. The number of hydroxylamine groups is 2. The molecule has 6 nitrogen and oxygen atoms in total. The topological polar surface area (TPSA) is 82.4 Å². The van der Waals surface area contributed by atoms with Crippen LogP contribution in [0.2, 0.25) is 0 Å². The number of aliphatic hydroxyl groups excluding tert-OH is 3. The van der Waals surface area contributed by atoms with Gasteiger partial charge in [0.1, 0.15) is 18.3 Å². The van der Waals surface area contributed by atoms with Gasteiger partial charge in [-0.3, -0.25) is 4.84 Å². The molecule has 0 amide bonds. The number of hydrogen-bond acceptors (Lipinski definition) is 6. The molecule has 1 unspecified atom stereocenters. The Bertz CT molecular complexity index is 201. The number of ether oxygens (including phenoxy) is 1. The van der Waals surface area contributed by atoms with Gasteiger partial charge in [0.05, 0.1) is 13.7 Å². The SMILES string of the molecule is CON(C(C)C)[C@H]1OC[C@H](O)[C@H](O)C1O. The molecule has 0 aliphatic carbocycles. The summed E-state index contributed by atoms with van der Waals surface area (Å²) in [5.41, 5.74) is 0. The van der Waals surface area contributed by atoms with E-state index in [0.29, 0.717) is 0 Å². The maximum Gasteiger partial charge on any atom is 0.161 e. The predicted molar refractivity (Wildman–Crippen MR) is 51.7 cm³/mol. The molecule has 6 heteroatoms. The Morgan fingerprint density at radius 3 is 2.33 bits per heavy atom. The van der Waals surface area contributed by atoms with Crippen molar-refractivity contribution in [1.29, 1.82) is 0 Å². The summed E-state index contributed by atoms with van der Waals surface area (Å²) in [6.45, 7) is 3.73. The van der Waals surface area contributed by atoms with E-state index in [-0.39, 0.29) is 12.6 Å². The summed E-state index contributed by atoms with van der Waals surface area (Å²) in [6.07, 6.45) is -4.20. The van der Waals surface area contributed by atoms with E-state index in [1.807, 2.05) is 13.8 Å². The lowest BCUT2D eigenvalue weighted by molar-refractivity contribution is -0.316. The number of rotatable bonds is 3. The molecular formula is C9H19NO5. The highest BCUT2D eigenvalue weighted by molar-refractivity contribution is 4.85. The van der Waals surface area contributed by atoms with E-state index in [0.717, 1.165) is 0 Å². The Kier molecular flexibility index (Phi) is 4.45. The smallest absolute Gasteiger partial charge is 0.161 e. The van der Waals surface area contributed by atoms with E-state index in [4.69, 9.17) is 9.57 Å². The van der Waals surface area contributed by atoms with Crippen molar-refractivity contribution in [1.82, 2.24) is 5.06 Å². The number of hydrogen-bond donors (Lipinski definition) is 3. The normalized spacial score (nSPS) is 37.6. The molecule has 0 aromatic rings. The predicted octanol–water partition coefficient (Wildman–Crippen LogP) is -1.30. The maximum atomic E-state index is 9.70. The first-order chi connectivity index (χ1) is 6.99. The zero-order chi connectivity index (χ0) is 11.6. The van der Waals surface area contributed by atoms with Crippen LogP contribution in [-0.2, 0) is 9.57 Å². The van der Waals surface area contributed by atoms with Crippen LogP contribution in [0.4, 0.5) is 0 Å². The molecule has 0 spiro atoms. The summed E-state index contributed by atoms with van der Waals surface area (Å²) < 4.78 is 5.23. The molecule has 1 aliphatic heterocycles. The first-order valence-corrected chi connectivity index (χ1v) is 4.97. The second-order valence-electron chi connectivity index (χ2n) is 3.91. The fraction of sp³-hybridized carbons (Fsp3) is 1.00. The van der Waals surface area contributed by atoms with Gasteiger partial charge in [-0.05, 0) is 13.8 Å². The Morgan fingerprint density at radius 2 is 1.87 bits per heavy atom. The summed E-state index contributed by atoms with van der Waals surface area (Å²) >= 11 is 0. The van der Waals surface area contributed by atoms with Crippen molar-refractivity contribution in [3.63, 3.8) is 0 Å². The Labute approximate surface area is 89.0 Å². The van der Waals surface area contributed by atoms with Gasteiger partial charge in [-0.2, -0.15) is 5.06 Å². The Hall–Kier alpha value is -0.240. The minimum absolute atomic E-state index is 0.00269. The van der Waals surface area contributed by atoms with Gasteiger partial charge in [0.25, 0.3) is 0 Å². The van der Waals surface area contributed by atoms with Gasteiger partial charge in [0.2, 0.25) is 0 Å². The minimum Gasteiger partial charge on any atom is -0.388 e. The van der Waals surface area contributed by atoms with Crippen LogP contribution in [0.1, 0.15) is 13.8 Å². The molecule has 0 saturated carbocycles. The molecule has 90 valence electrons. The summed E-state index contributed by atoms with van der Waals surface area (Å²) in [4.78, 5) is 5.06. The van der Waals surface area contributed by atoms with E-state index >= 15 is 0 Å². The van der Waals surface area contributed by atoms with Crippen LogP contribution in [0.15, 0.2) is 0 Å². The van der Waals surface area contributed by atoms with Crippen molar-refractivity contribution >= 4 is 0 Å². The van der Waals surface area contributed by atoms with Gasteiger partial charge in [0, 0.05) is 6.04 Å². The lowest BCUT2D eigenvalue weighted by Gasteiger charge is -2.41. The molecule has 3 N–H and O–H groups in total. The van der Waals surface area contributed by atoms with Crippen LogP contribution in [-0.4, -0.2) is 64.7 Å². The second-order valence-corrected chi connectivity index (χ2v) is 3.91. The Balaban J connectivity index is 2.69. The molecule has 1 fully saturated rings. The minimum atomic E-state index is -1.21. The average molecular weight is 221 g/mol. The van der Waals surface area contributed by atoms with Crippen LogP contribution in [0.3, 0.4) is 0 Å². The average Bonchev–Trinajstić information content (AvgIpc) is 2.18. The Morgan fingerprint density at radius 1 is 1.27 bits per heavy atom. The molecule has 4 atom stereocenters. The highest BCUT2D eigenvalue weighted by atomic mass is 16.7. The van der Waals surface area contributed by atoms with Gasteiger partial charge in [-0.15, -0.1) is 0 Å². The van der Waals surface area contributed by atoms with Crippen molar-refractivity contribution in [3.05, 3.63) is 0 Å². The van der Waals surface area contributed by atoms with Crippen molar-refractivity contribution in [3.8, 4) is 0 Å². The summed E-state index contributed by atoms with van der Waals surface area (Å²) in [5.74, 6) is 0. The highest BCUT2D eigenvalue weighted by Gasteiger charge is 2.41. The lowest BCUT2D eigenvalue weighted by atomic mass is 10.0. The number of nitrogens with zero attached hydrogens (tertiary/aromatic N) is 1. The van der Waals surface area contributed by atoms with E-state index in [2.05, 4.69) is 0 Å². The molecule has 1 heterocycles. The van der Waals surface area contributed by atoms with E-state index in [1.54, 1.807) is 0 Å². The summed E-state index contributed by atoms with van der Waals surface area (Å²) in [5, 5.41) is 29.9. The van der Waals surface area contributed by atoms with Crippen molar-refractivity contribution in [2.75, 3.05) is 13.7 Å². The van der Waals surface area contributed by atoms with Gasteiger partial charge in [-0.1, -0.05) is 0 Å². The van der Waals surface area contributed by atoms with Crippen molar-refractivity contribution < 1.29 is 24.9 Å². The molecule has 0 radical (unpaired) electrons.